The highest BCUT2D eigenvalue weighted by Crippen LogP contribution is 2.11. The van der Waals surface area contributed by atoms with Crippen molar-refractivity contribution in [3.8, 4) is 0 Å². The fourth-order valence-electron chi connectivity index (χ4n) is 0.214. The summed E-state index contributed by atoms with van der Waals surface area (Å²) in [6, 6.07) is 0. The van der Waals surface area contributed by atoms with Crippen LogP contribution in [0, 0.1) is 0 Å². The minimum Gasteiger partial charge on any atom is -0.297 e. The summed E-state index contributed by atoms with van der Waals surface area (Å²) in [5.41, 5.74) is 0. The summed E-state index contributed by atoms with van der Waals surface area (Å²) in [4.78, 5) is 0. The van der Waals surface area contributed by atoms with Gasteiger partial charge >= 0.3 is 0 Å². The minimum absolute atomic E-state index is 0.878. The van der Waals surface area contributed by atoms with E-state index in [-0.39, 0.29) is 0 Å². The zero-order valence-electron chi connectivity index (χ0n) is 3.03. The Morgan fingerprint density at radius 2 is 2.83 bits per heavy atom. The molecule has 1 aliphatic rings. The van der Waals surface area contributed by atoms with Gasteiger partial charge in [-0.2, -0.15) is 0 Å². The van der Waals surface area contributed by atoms with Crippen LogP contribution in [0.15, 0.2) is 4.40 Å². The van der Waals surface area contributed by atoms with E-state index in [1.807, 2.05) is 0 Å². The summed E-state index contributed by atoms with van der Waals surface area (Å²) >= 11 is 5.46. The molecular formula is C2H4N2S2. The van der Waals surface area contributed by atoms with Crippen molar-refractivity contribution in [2.45, 2.75) is 0 Å². The van der Waals surface area contributed by atoms with Gasteiger partial charge in [0.1, 0.15) is 6.34 Å². The molecule has 0 bridgehead atoms. The van der Waals surface area contributed by atoms with E-state index in [2.05, 4.69) is 17.2 Å². The zero-order valence-corrected chi connectivity index (χ0v) is 4.75. The van der Waals surface area contributed by atoms with E-state index >= 15 is 0 Å². The van der Waals surface area contributed by atoms with E-state index in [0.717, 1.165) is 5.88 Å². The van der Waals surface area contributed by atoms with E-state index in [1.54, 1.807) is 10.6 Å². The Labute approximate surface area is 46.3 Å². The lowest BCUT2D eigenvalue weighted by Crippen LogP contribution is -2.00. The van der Waals surface area contributed by atoms with Gasteiger partial charge < -0.3 is 0 Å². The largest absolute Gasteiger partial charge is 0.297 e. The molecule has 6 heavy (non-hydrogen) atoms. The lowest BCUT2D eigenvalue weighted by Gasteiger charge is -1.96. The van der Waals surface area contributed by atoms with Crippen molar-refractivity contribution >= 4 is 31.1 Å². The van der Waals surface area contributed by atoms with Crippen molar-refractivity contribution in [3.63, 3.8) is 0 Å². The van der Waals surface area contributed by atoms with Crippen molar-refractivity contribution in [3.05, 3.63) is 0 Å². The van der Waals surface area contributed by atoms with Crippen molar-refractivity contribution in [1.29, 1.82) is 0 Å². The van der Waals surface area contributed by atoms with Crippen LogP contribution in [-0.2, 0) is 0 Å². The lowest BCUT2D eigenvalue weighted by atomic mass is 11.2. The highest BCUT2D eigenvalue weighted by atomic mass is 32.2. The molecular weight excluding hydrogens is 116 g/mol. The van der Waals surface area contributed by atoms with Crippen LogP contribution in [0.4, 0.5) is 0 Å². The summed E-state index contributed by atoms with van der Waals surface area (Å²) in [7, 11) is 0. The van der Waals surface area contributed by atoms with Gasteiger partial charge in [-0.25, -0.2) is 4.40 Å². The second kappa shape index (κ2) is 1.75. The quantitative estimate of drug-likeness (QED) is 0.375. The van der Waals surface area contributed by atoms with E-state index < -0.39 is 0 Å². The first-order valence-corrected chi connectivity index (χ1v) is 2.85. The summed E-state index contributed by atoms with van der Waals surface area (Å²) in [6.45, 7) is 0. The Bertz CT molecular complexity index is 71.9. The number of nitrogens with zero attached hydrogens (tertiary/aromatic N) is 2. The average Bonchev–Trinajstić information content (AvgIpc) is 1.86. The Hall–Kier alpha value is 0.170. The van der Waals surface area contributed by atoms with Crippen molar-refractivity contribution in [2.75, 3.05) is 5.88 Å². The molecule has 0 atom stereocenters. The molecule has 0 unspecified atom stereocenters. The van der Waals surface area contributed by atoms with Gasteiger partial charge in [0.25, 0.3) is 0 Å². The van der Waals surface area contributed by atoms with Crippen LogP contribution in [-0.4, -0.2) is 16.5 Å². The molecule has 1 aliphatic heterocycles. The SMILES string of the molecule is SN1C=NSC1. The molecule has 0 saturated heterocycles. The Balaban J connectivity index is 2.38. The normalized spacial score (nSPS) is 19.8. The Morgan fingerprint density at radius 1 is 2.00 bits per heavy atom. The van der Waals surface area contributed by atoms with Crippen LogP contribution >= 0.6 is 24.8 Å². The summed E-state index contributed by atoms with van der Waals surface area (Å²) < 4.78 is 5.53. The molecule has 2 nitrogen and oxygen atoms in total. The van der Waals surface area contributed by atoms with Crippen molar-refractivity contribution in [2.24, 2.45) is 4.40 Å². The van der Waals surface area contributed by atoms with Crippen LogP contribution in [0.3, 0.4) is 0 Å². The highest BCUT2D eigenvalue weighted by Gasteiger charge is 1.96. The van der Waals surface area contributed by atoms with E-state index in [9.17, 15) is 0 Å². The molecule has 0 amide bonds. The maximum Gasteiger partial charge on any atom is 0.110 e. The van der Waals surface area contributed by atoms with Gasteiger partial charge in [0.05, 0.1) is 5.88 Å². The van der Waals surface area contributed by atoms with Crippen molar-refractivity contribution in [1.82, 2.24) is 4.31 Å². The second-order valence-corrected chi connectivity index (χ2v) is 2.16. The van der Waals surface area contributed by atoms with Gasteiger partial charge in [0.15, 0.2) is 0 Å². The molecule has 0 saturated carbocycles. The zero-order chi connectivity index (χ0) is 4.41. The number of rotatable bonds is 0. The maximum atomic E-state index is 3.96. The summed E-state index contributed by atoms with van der Waals surface area (Å²) in [5.74, 6) is 0.878. The predicted molar refractivity (Wildman–Crippen MR) is 31.8 cm³/mol. The first-order valence-electron chi connectivity index (χ1n) is 1.50. The Kier molecular flexibility index (Phi) is 1.26. The molecule has 0 aromatic rings. The van der Waals surface area contributed by atoms with E-state index in [1.165, 1.54) is 11.9 Å². The molecule has 0 aromatic carbocycles. The van der Waals surface area contributed by atoms with Crippen LogP contribution in [0.1, 0.15) is 0 Å². The third-order valence-corrected chi connectivity index (χ3v) is 1.52. The molecule has 0 aliphatic carbocycles. The van der Waals surface area contributed by atoms with Gasteiger partial charge in [-0.1, -0.05) is 12.8 Å². The first-order chi connectivity index (χ1) is 2.89. The van der Waals surface area contributed by atoms with Gasteiger partial charge in [0, 0.05) is 0 Å². The topological polar surface area (TPSA) is 15.6 Å². The molecule has 0 N–H and O–H groups in total. The minimum atomic E-state index is 0.878. The summed E-state index contributed by atoms with van der Waals surface area (Å²) in [5, 5.41) is 0. The van der Waals surface area contributed by atoms with Gasteiger partial charge in [-0.3, -0.25) is 4.31 Å². The molecule has 1 heterocycles. The predicted octanol–water partition coefficient (Wildman–Crippen LogP) is 0.781. The fraction of sp³-hybridized carbons (Fsp3) is 0.500. The smallest absolute Gasteiger partial charge is 0.110 e. The van der Waals surface area contributed by atoms with Crippen LogP contribution in [0.5, 0.6) is 0 Å². The number of thiol groups is 1. The van der Waals surface area contributed by atoms with Gasteiger partial charge in [-0.15, -0.1) is 0 Å². The molecule has 0 radical (unpaired) electrons. The fourth-order valence-corrected chi connectivity index (χ4v) is 0.922. The molecule has 0 spiro atoms. The molecule has 4 heteroatoms. The third-order valence-electron chi connectivity index (χ3n) is 0.445. The first kappa shape index (κ1) is 4.33. The average molecular weight is 120 g/mol. The van der Waals surface area contributed by atoms with E-state index in [4.69, 9.17) is 0 Å². The monoisotopic (exact) mass is 120 g/mol. The number of hydrogen-bond donors (Lipinski definition) is 1. The molecule has 34 valence electrons. The van der Waals surface area contributed by atoms with Crippen molar-refractivity contribution < 1.29 is 0 Å². The highest BCUT2D eigenvalue weighted by molar-refractivity contribution is 7.99. The van der Waals surface area contributed by atoms with E-state index in [0.29, 0.717) is 0 Å². The van der Waals surface area contributed by atoms with Crippen LogP contribution in [0.25, 0.3) is 0 Å². The molecule has 0 fully saturated rings. The van der Waals surface area contributed by atoms with Crippen LogP contribution < -0.4 is 0 Å². The number of hydrogen-bond acceptors (Lipinski definition) is 4. The van der Waals surface area contributed by atoms with Gasteiger partial charge in [-0.05, 0) is 11.9 Å². The third kappa shape index (κ3) is 0.815. The second-order valence-electron chi connectivity index (χ2n) is 0.919. The Morgan fingerprint density at radius 3 is 3.00 bits per heavy atom. The standard InChI is InChI=1S/C2H4N2S2/c5-4-1-3-6-2-4/h1,5H,2H2. The van der Waals surface area contributed by atoms with Gasteiger partial charge in [0.2, 0.25) is 0 Å². The lowest BCUT2D eigenvalue weighted by molar-refractivity contribution is 0.868. The van der Waals surface area contributed by atoms with Crippen LogP contribution in [0.2, 0.25) is 0 Å². The summed E-state index contributed by atoms with van der Waals surface area (Å²) in [6.07, 6.45) is 1.69. The molecule has 1 rings (SSSR count). The maximum absolute atomic E-state index is 3.96. The molecule has 0 aromatic heterocycles.